The van der Waals surface area contributed by atoms with E-state index in [4.69, 9.17) is 0 Å². The molecule has 0 spiro atoms. The van der Waals surface area contributed by atoms with E-state index in [1.807, 2.05) is 43.3 Å². The number of carbonyl (C=O) groups is 1. The molecule has 3 aromatic rings. The number of aryl methyl sites for hydroxylation is 1. The molecule has 0 bridgehead atoms. The average molecular weight is 400 g/mol. The Morgan fingerprint density at radius 1 is 0.958 bits per heavy atom. The largest absolute Gasteiger partial charge is 0.321 e. The molecule has 0 radical (unpaired) electrons. The Kier molecular flexibility index (Phi) is 5.27. The van der Waals surface area contributed by atoms with Gasteiger partial charge in [-0.15, -0.1) is 0 Å². The minimum Gasteiger partial charge on any atom is -0.321 e. The number of carbonyl (C=O) groups excluding carboxylic acids is 1. The van der Waals surface area contributed by atoms with E-state index < -0.39 is 0 Å². The van der Waals surface area contributed by atoms with Crippen LogP contribution in [0.4, 0.5) is 5.69 Å². The lowest BCUT2D eigenvalue weighted by Crippen LogP contribution is -2.14. The van der Waals surface area contributed by atoms with Gasteiger partial charge in [0, 0.05) is 26.1 Å². The zero-order valence-corrected chi connectivity index (χ0v) is 15.3. The third-order valence-corrected chi connectivity index (χ3v) is 4.72. The van der Waals surface area contributed by atoms with Gasteiger partial charge in [0.15, 0.2) is 0 Å². The minimum atomic E-state index is -0.268. The first-order valence-corrected chi connectivity index (χ1v) is 8.84. The Hall–Kier alpha value is -2.18. The van der Waals surface area contributed by atoms with Crippen LogP contribution in [-0.4, -0.2) is 15.9 Å². The normalized spacial score (nSPS) is 10.4. The smallest absolute Gasteiger partial charge is 0.275 e. The van der Waals surface area contributed by atoms with Gasteiger partial charge >= 0.3 is 0 Å². The summed E-state index contributed by atoms with van der Waals surface area (Å²) < 4.78 is 1.06. The Morgan fingerprint density at radius 3 is 2.17 bits per heavy atom. The number of amides is 1. The first-order chi connectivity index (χ1) is 11.6. The molecule has 0 aliphatic heterocycles. The minimum absolute atomic E-state index is 0.268. The molecule has 0 saturated heterocycles. The number of hydrogen-bond donors (Lipinski definition) is 1. The van der Waals surface area contributed by atoms with Crippen LogP contribution in [0, 0.1) is 6.92 Å². The molecule has 0 saturated carbocycles. The molecule has 1 heterocycles. The van der Waals surface area contributed by atoms with E-state index in [9.17, 15) is 4.79 Å². The van der Waals surface area contributed by atoms with E-state index in [2.05, 4.69) is 43.3 Å². The van der Waals surface area contributed by atoms with Crippen molar-refractivity contribution >= 4 is 39.3 Å². The molecule has 3 rings (SSSR count). The van der Waals surface area contributed by atoms with Gasteiger partial charge in [-0.25, -0.2) is 4.98 Å². The van der Waals surface area contributed by atoms with Gasteiger partial charge in [0.25, 0.3) is 5.91 Å². The van der Waals surface area contributed by atoms with Gasteiger partial charge in [-0.3, -0.25) is 9.78 Å². The Labute approximate surface area is 152 Å². The van der Waals surface area contributed by atoms with Crippen LogP contribution in [0.2, 0.25) is 0 Å². The molecule has 2 aromatic carbocycles. The second kappa shape index (κ2) is 7.59. The predicted molar refractivity (Wildman–Crippen MR) is 99.4 cm³/mol. The SMILES string of the molecule is Cc1cnc(C(=O)Nc2ccc(Sc3ccc(Br)cc3)cc2)cn1. The molecule has 1 amide bonds. The monoisotopic (exact) mass is 399 g/mol. The molecule has 0 aliphatic rings. The van der Waals surface area contributed by atoms with Gasteiger partial charge in [0.1, 0.15) is 5.69 Å². The summed E-state index contributed by atoms with van der Waals surface area (Å²) in [5.41, 5.74) is 1.80. The van der Waals surface area contributed by atoms with E-state index in [1.54, 1.807) is 18.0 Å². The van der Waals surface area contributed by atoms with Gasteiger partial charge in [-0.1, -0.05) is 27.7 Å². The lowest BCUT2D eigenvalue weighted by molar-refractivity contribution is 0.102. The molecule has 6 heteroatoms. The fraction of sp³-hybridized carbons (Fsp3) is 0.0556. The highest BCUT2D eigenvalue weighted by atomic mass is 79.9. The summed E-state index contributed by atoms with van der Waals surface area (Å²) in [6.45, 7) is 1.83. The van der Waals surface area contributed by atoms with Crippen LogP contribution in [0.25, 0.3) is 0 Å². The topological polar surface area (TPSA) is 54.9 Å². The second-order valence-corrected chi connectivity index (χ2v) is 7.14. The number of hydrogen-bond acceptors (Lipinski definition) is 4. The molecule has 0 aliphatic carbocycles. The van der Waals surface area contributed by atoms with Gasteiger partial charge in [0.05, 0.1) is 11.9 Å². The van der Waals surface area contributed by atoms with Crippen molar-refractivity contribution in [2.24, 2.45) is 0 Å². The zero-order chi connectivity index (χ0) is 16.9. The number of benzene rings is 2. The Balaban J connectivity index is 1.64. The fourth-order valence-corrected chi connectivity index (χ4v) is 3.03. The highest BCUT2D eigenvalue weighted by Gasteiger charge is 2.08. The quantitative estimate of drug-likeness (QED) is 0.673. The number of halogens is 1. The van der Waals surface area contributed by atoms with Gasteiger partial charge in [0.2, 0.25) is 0 Å². The maximum Gasteiger partial charge on any atom is 0.275 e. The van der Waals surface area contributed by atoms with Crippen LogP contribution in [0.15, 0.2) is 75.2 Å². The van der Waals surface area contributed by atoms with E-state index >= 15 is 0 Å². The average Bonchev–Trinajstić information content (AvgIpc) is 2.59. The molecule has 24 heavy (non-hydrogen) atoms. The van der Waals surface area contributed by atoms with Gasteiger partial charge in [-0.2, -0.15) is 0 Å². The van der Waals surface area contributed by atoms with Crippen molar-refractivity contribution in [3.8, 4) is 0 Å². The van der Waals surface area contributed by atoms with Crippen LogP contribution >= 0.6 is 27.7 Å². The molecule has 120 valence electrons. The van der Waals surface area contributed by atoms with Crippen molar-refractivity contribution in [1.29, 1.82) is 0 Å². The van der Waals surface area contributed by atoms with Crippen LogP contribution in [-0.2, 0) is 0 Å². The maximum absolute atomic E-state index is 12.1. The van der Waals surface area contributed by atoms with Crippen molar-refractivity contribution in [3.63, 3.8) is 0 Å². The van der Waals surface area contributed by atoms with Crippen LogP contribution < -0.4 is 5.32 Å². The predicted octanol–water partition coefficient (Wildman–Crippen LogP) is 4.95. The Bertz CT molecular complexity index is 834. The highest BCUT2D eigenvalue weighted by molar-refractivity contribution is 9.10. The van der Waals surface area contributed by atoms with Crippen molar-refractivity contribution in [2.45, 2.75) is 16.7 Å². The second-order valence-electron chi connectivity index (χ2n) is 5.08. The van der Waals surface area contributed by atoms with E-state index in [-0.39, 0.29) is 5.91 Å². The first-order valence-electron chi connectivity index (χ1n) is 7.24. The summed E-state index contributed by atoms with van der Waals surface area (Å²) in [4.78, 5) is 22.5. The van der Waals surface area contributed by atoms with Crippen LogP contribution in [0.5, 0.6) is 0 Å². The van der Waals surface area contributed by atoms with Crippen molar-refractivity contribution < 1.29 is 4.79 Å². The number of aromatic nitrogens is 2. The molecule has 1 aromatic heterocycles. The summed E-state index contributed by atoms with van der Waals surface area (Å²) in [7, 11) is 0. The van der Waals surface area contributed by atoms with Crippen molar-refractivity contribution in [2.75, 3.05) is 5.32 Å². The third kappa shape index (κ3) is 4.43. The third-order valence-electron chi connectivity index (χ3n) is 3.18. The van der Waals surface area contributed by atoms with E-state index in [0.717, 1.165) is 25.6 Å². The standard InChI is InChI=1S/C18H14BrN3OS/c1-12-10-21-17(11-20-12)18(23)22-14-4-8-16(9-5-14)24-15-6-2-13(19)3-7-15/h2-11H,1H3,(H,22,23). The van der Waals surface area contributed by atoms with E-state index in [1.165, 1.54) is 6.20 Å². The molecule has 4 nitrogen and oxygen atoms in total. The van der Waals surface area contributed by atoms with Crippen LogP contribution in [0.1, 0.15) is 16.2 Å². The van der Waals surface area contributed by atoms with E-state index in [0.29, 0.717) is 5.69 Å². The lowest BCUT2D eigenvalue weighted by atomic mass is 10.3. The molecule has 0 fully saturated rings. The molecule has 0 unspecified atom stereocenters. The molecular formula is C18H14BrN3OS. The summed E-state index contributed by atoms with van der Waals surface area (Å²) in [6.07, 6.45) is 3.05. The summed E-state index contributed by atoms with van der Waals surface area (Å²) in [5, 5.41) is 2.82. The van der Waals surface area contributed by atoms with Crippen LogP contribution in [0.3, 0.4) is 0 Å². The summed E-state index contributed by atoms with van der Waals surface area (Å²) >= 11 is 5.09. The molecular weight excluding hydrogens is 386 g/mol. The van der Waals surface area contributed by atoms with Gasteiger partial charge < -0.3 is 5.32 Å². The van der Waals surface area contributed by atoms with Gasteiger partial charge in [-0.05, 0) is 55.5 Å². The first kappa shape index (κ1) is 16.7. The number of nitrogens with zero attached hydrogens (tertiary/aromatic N) is 2. The zero-order valence-electron chi connectivity index (χ0n) is 12.9. The lowest BCUT2D eigenvalue weighted by Gasteiger charge is -2.06. The Morgan fingerprint density at radius 2 is 1.58 bits per heavy atom. The summed E-state index contributed by atoms with van der Waals surface area (Å²) in [6, 6.07) is 15.8. The number of nitrogens with one attached hydrogen (secondary N) is 1. The molecule has 1 N–H and O–H groups in total. The van der Waals surface area contributed by atoms with Crippen molar-refractivity contribution in [3.05, 3.63) is 76.8 Å². The summed E-state index contributed by atoms with van der Waals surface area (Å²) in [5.74, 6) is -0.268. The highest BCUT2D eigenvalue weighted by Crippen LogP contribution is 2.29. The number of anilines is 1. The number of rotatable bonds is 4. The fourth-order valence-electron chi connectivity index (χ4n) is 1.95. The van der Waals surface area contributed by atoms with Crippen molar-refractivity contribution in [1.82, 2.24) is 9.97 Å². The molecule has 0 atom stereocenters. The maximum atomic E-state index is 12.1.